The zero-order valence-corrected chi connectivity index (χ0v) is 16.9. The van der Waals surface area contributed by atoms with Crippen molar-refractivity contribution in [3.05, 3.63) is 65.4 Å². The van der Waals surface area contributed by atoms with Gasteiger partial charge in [-0.25, -0.2) is 0 Å². The predicted molar refractivity (Wildman–Crippen MR) is 114 cm³/mol. The Morgan fingerprint density at radius 2 is 1.70 bits per heavy atom. The smallest absolute Gasteiger partial charge is 0.281 e. The Labute approximate surface area is 166 Å². The van der Waals surface area contributed by atoms with Gasteiger partial charge in [-0.1, -0.05) is 38.1 Å². The molecule has 2 aromatic carbocycles. The molecule has 0 unspecified atom stereocenters. The SMILES string of the molecule is CCOc1ccc(N2C(=O)/C(=C/c3ccc(C(C)C)cc3)N(C)C2=S)cc1. The molecule has 1 saturated heterocycles. The Bertz CT molecular complexity index is 870. The first-order valence-corrected chi connectivity index (χ1v) is 9.50. The van der Waals surface area contributed by atoms with Crippen molar-refractivity contribution in [1.82, 2.24) is 4.90 Å². The van der Waals surface area contributed by atoms with E-state index in [4.69, 9.17) is 17.0 Å². The van der Waals surface area contributed by atoms with Crippen LogP contribution in [-0.2, 0) is 4.79 Å². The summed E-state index contributed by atoms with van der Waals surface area (Å²) in [5.41, 5.74) is 3.55. The molecule has 1 fully saturated rings. The van der Waals surface area contributed by atoms with Crippen LogP contribution in [0.2, 0.25) is 0 Å². The van der Waals surface area contributed by atoms with Crippen molar-refractivity contribution in [3.63, 3.8) is 0 Å². The lowest BCUT2D eigenvalue weighted by Gasteiger charge is -2.16. The van der Waals surface area contributed by atoms with Gasteiger partial charge in [-0.05, 0) is 66.5 Å². The number of likely N-dealkylation sites (N-methyl/N-ethyl adjacent to an activating group) is 1. The molecule has 0 bridgehead atoms. The molecule has 0 aromatic heterocycles. The third kappa shape index (κ3) is 3.88. The summed E-state index contributed by atoms with van der Waals surface area (Å²) in [7, 11) is 1.82. The molecule has 1 aliphatic rings. The highest BCUT2D eigenvalue weighted by Crippen LogP contribution is 2.29. The largest absolute Gasteiger partial charge is 0.494 e. The third-order valence-electron chi connectivity index (χ3n) is 4.57. The van der Waals surface area contributed by atoms with Crippen LogP contribution < -0.4 is 9.64 Å². The maximum absolute atomic E-state index is 13.0. The summed E-state index contributed by atoms with van der Waals surface area (Å²) < 4.78 is 5.47. The molecule has 5 heteroatoms. The van der Waals surface area contributed by atoms with E-state index in [0.717, 1.165) is 17.0 Å². The number of rotatable bonds is 5. The van der Waals surface area contributed by atoms with Gasteiger partial charge in [-0.2, -0.15) is 0 Å². The van der Waals surface area contributed by atoms with Gasteiger partial charge in [0, 0.05) is 7.05 Å². The van der Waals surface area contributed by atoms with Crippen LogP contribution in [0.5, 0.6) is 5.75 Å². The fraction of sp³-hybridized carbons (Fsp3) is 0.273. The van der Waals surface area contributed by atoms with Crippen LogP contribution in [-0.4, -0.2) is 29.6 Å². The molecular weight excluding hydrogens is 356 g/mol. The van der Waals surface area contributed by atoms with Crippen molar-refractivity contribution in [2.75, 3.05) is 18.6 Å². The molecule has 1 amide bonds. The third-order valence-corrected chi connectivity index (χ3v) is 5.03. The highest BCUT2D eigenvalue weighted by Gasteiger charge is 2.36. The van der Waals surface area contributed by atoms with Gasteiger partial charge >= 0.3 is 0 Å². The summed E-state index contributed by atoms with van der Waals surface area (Å²) in [6.07, 6.45) is 1.88. The minimum atomic E-state index is -0.125. The van der Waals surface area contributed by atoms with Gasteiger partial charge in [0.1, 0.15) is 11.4 Å². The molecule has 2 aromatic rings. The molecule has 4 nitrogen and oxygen atoms in total. The summed E-state index contributed by atoms with van der Waals surface area (Å²) in [4.78, 5) is 16.3. The summed E-state index contributed by atoms with van der Waals surface area (Å²) in [6, 6.07) is 15.7. The van der Waals surface area contributed by atoms with Gasteiger partial charge in [-0.3, -0.25) is 9.69 Å². The molecule has 3 rings (SSSR count). The Hall–Kier alpha value is -2.66. The van der Waals surface area contributed by atoms with Crippen LogP contribution in [0.25, 0.3) is 6.08 Å². The van der Waals surface area contributed by atoms with E-state index in [1.165, 1.54) is 5.56 Å². The molecule has 0 N–H and O–H groups in total. The standard InChI is InChI=1S/C22H24N2O2S/c1-5-26-19-12-10-18(11-13-19)24-21(25)20(23(4)22(24)27)14-16-6-8-17(9-7-16)15(2)3/h6-15H,5H2,1-4H3/b20-14-. The van der Waals surface area contributed by atoms with E-state index in [9.17, 15) is 4.79 Å². The second-order valence-electron chi connectivity index (χ2n) is 6.76. The quantitative estimate of drug-likeness (QED) is 0.550. The van der Waals surface area contributed by atoms with Gasteiger partial charge in [0.05, 0.1) is 12.3 Å². The molecule has 1 heterocycles. The lowest BCUT2D eigenvalue weighted by Crippen LogP contribution is -2.31. The number of amides is 1. The monoisotopic (exact) mass is 380 g/mol. The number of hydrogen-bond donors (Lipinski definition) is 0. The molecule has 140 valence electrons. The average Bonchev–Trinajstić information content (AvgIpc) is 2.87. The van der Waals surface area contributed by atoms with Crippen LogP contribution in [0.4, 0.5) is 5.69 Å². The number of anilines is 1. The first-order chi connectivity index (χ1) is 12.9. The molecule has 1 aliphatic heterocycles. The van der Waals surface area contributed by atoms with E-state index in [1.54, 1.807) is 9.80 Å². The number of benzene rings is 2. The number of hydrogen-bond acceptors (Lipinski definition) is 3. The van der Waals surface area contributed by atoms with E-state index < -0.39 is 0 Å². The molecule has 0 aliphatic carbocycles. The minimum absolute atomic E-state index is 0.125. The van der Waals surface area contributed by atoms with Crippen molar-refractivity contribution in [2.45, 2.75) is 26.7 Å². The maximum atomic E-state index is 13.0. The molecular formula is C22H24N2O2S. The molecule has 0 radical (unpaired) electrons. The second kappa shape index (κ2) is 7.92. The summed E-state index contributed by atoms with van der Waals surface area (Å²) >= 11 is 5.51. The van der Waals surface area contributed by atoms with Gasteiger partial charge in [0.25, 0.3) is 5.91 Å². The Kier molecular flexibility index (Phi) is 5.61. The number of nitrogens with zero attached hydrogens (tertiary/aromatic N) is 2. The van der Waals surface area contributed by atoms with E-state index in [-0.39, 0.29) is 5.91 Å². The van der Waals surface area contributed by atoms with Gasteiger partial charge in [0.2, 0.25) is 0 Å². The van der Waals surface area contributed by atoms with Crippen molar-refractivity contribution in [2.24, 2.45) is 0 Å². The number of ether oxygens (including phenoxy) is 1. The van der Waals surface area contributed by atoms with Gasteiger partial charge in [-0.15, -0.1) is 0 Å². The zero-order valence-electron chi connectivity index (χ0n) is 16.1. The minimum Gasteiger partial charge on any atom is -0.494 e. The summed E-state index contributed by atoms with van der Waals surface area (Å²) in [6.45, 7) is 6.86. The van der Waals surface area contributed by atoms with E-state index in [1.807, 2.05) is 56.4 Å². The van der Waals surface area contributed by atoms with E-state index >= 15 is 0 Å². The fourth-order valence-electron chi connectivity index (χ4n) is 2.98. The highest BCUT2D eigenvalue weighted by atomic mass is 32.1. The Morgan fingerprint density at radius 3 is 2.26 bits per heavy atom. The van der Waals surface area contributed by atoms with Crippen LogP contribution in [0.15, 0.2) is 54.2 Å². The predicted octanol–water partition coefficient (Wildman–Crippen LogP) is 4.81. The summed E-state index contributed by atoms with van der Waals surface area (Å²) in [5, 5.41) is 0.467. The Balaban J connectivity index is 1.88. The lowest BCUT2D eigenvalue weighted by molar-refractivity contribution is -0.114. The maximum Gasteiger partial charge on any atom is 0.281 e. The number of carbonyl (C=O) groups is 1. The van der Waals surface area contributed by atoms with Crippen LogP contribution >= 0.6 is 12.2 Å². The van der Waals surface area contributed by atoms with E-state index in [0.29, 0.717) is 23.3 Å². The number of carbonyl (C=O) groups excluding carboxylic acids is 1. The van der Waals surface area contributed by atoms with Crippen molar-refractivity contribution >= 4 is 35.0 Å². The molecule has 0 saturated carbocycles. The van der Waals surface area contributed by atoms with Crippen molar-refractivity contribution in [3.8, 4) is 5.75 Å². The van der Waals surface area contributed by atoms with Crippen LogP contribution in [0.3, 0.4) is 0 Å². The Morgan fingerprint density at radius 1 is 1.07 bits per heavy atom. The first-order valence-electron chi connectivity index (χ1n) is 9.09. The van der Waals surface area contributed by atoms with Crippen LogP contribution in [0, 0.1) is 0 Å². The fourth-order valence-corrected chi connectivity index (χ4v) is 3.26. The van der Waals surface area contributed by atoms with Crippen LogP contribution in [0.1, 0.15) is 37.8 Å². The topological polar surface area (TPSA) is 32.8 Å². The first kappa shape index (κ1) is 19.1. The summed E-state index contributed by atoms with van der Waals surface area (Å²) in [5.74, 6) is 1.12. The second-order valence-corrected chi connectivity index (χ2v) is 7.13. The molecule has 0 atom stereocenters. The van der Waals surface area contributed by atoms with Gasteiger partial charge in [0.15, 0.2) is 5.11 Å². The number of thiocarbonyl (C=S) groups is 1. The zero-order chi connectivity index (χ0) is 19.6. The average molecular weight is 381 g/mol. The van der Waals surface area contributed by atoms with Gasteiger partial charge < -0.3 is 9.64 Å². The molecule has 0 spiro atoms. The molecule has 27 heavy (non-hydrogen) atoms. The van der Waals surface area contributed by atoms with Crippen molar-refractivity contribution < 1.29 is 9.53 Å². The lowest BCUT2D eigenvalue weighted by atomic mass is 10.0. The highest BCUT2D eigenvalue weighted by molar-refractivity contribution is 7.80. The normalized spacial score (nSPS) is 16.0. The van der Waals surface area contributed by atoms with E-state index in [2.05, 4.69) is 26.0 Å². The van der Waals surface area contributed by atoms with Crippen molar-refractivity contribution in [1.29, 1.82) is 0 Å².